The molecule has 0 saturated heterocycles. The highest BCUT2D eigenvalue weighted by molar-refractivity contribution is 5.97. The van der Waals surface area contributed by atoms with E-state index in [9.17, 15) is 14.9 Å². The van der Waals surface area contributed by atoms with Crippen LogP contribution in [0.2, 0.25) is 0 Å². The molecule has 7 nitrogen and oxygen atoms in total. The van der Waals surface area contributed by atoms with Gasteiger partial charge in [0.05, 0.1) is 6.61 Å². The first-order chi connectivity index (χ1) is 14.1. The third kappa shape index (κ3) is 10.5. The zero-order valence-electron chi connectivity index (χ0n) is 18.7. The van der Waals surface area contributed by atoms with Crippen LogP contribution in [0.3, 0.4) is 0 Å². The number of nitrogens with zero attached hydrogens (tertiary/aromatic N) is 2. The molecule has 1 rings (SSSR count). The first kappa shape index (κ1) is 25.0. The van der Waals surface area contributed by atoms with Gasteiger partial charge in [-0.2, -0.15) is 5.26 Å². The van der Waals surface area contributed by atoms with Gasteiger partial charge in [0.2, 0.25) is 0 Å². The van der Waals surface area contributed by atoms with Crippen molar-refractivity contribution in [1.82, 2.24) is 5.32 Å². The molecule has 0 heterocycles. The van der Waals surface area contributed by atoms with Crippen molar-refractivity contribution in [2.24, 2.45) is 0 Å². The lowest BCUT2D eigenvalue weighted by molar-refractivity contribution is -0.138. The van der Waals surface area contributed by atoms with Crippen LogP contribution in [0.1, 0.15) is 52.0 Å². The van der Waals surface area contributed by atoms with Crippen molar-refractivity contribution in [1.29, 1.82) is 5.26 Å². The van der Waals surface area contributed by atoms with E-state index in [4.69, 9.17) is 9.47 Å². The Morgan fingerprint density at radius 3 is 2.30 bits per heavy atom. The Bertz CT molecular complexity index is 756. The largest absolute Gasteiger partial charge is 0.462 e. The molecule has 0 spiro atoms. The Morgan fingerprint density at radius 2 is 1.73 bits per heavy atom. The van der Waals surface area contributed by atoms with Gasteiger partial charge in [0, 0.05) is 26.3 Å². The quantitative estimate of drug-likeness (QED) is 0.265. The Balaban J connectivity index is 2.26. The molecular formula is C23H33N3O4. The van der Waals surface area contributed by atoms with Crippen LogP contribution >= 0.6 is 0 Å². The molecule has 0 aliphatic heterocycles. The van der Waals surface area contributed by atoms with Gasteiger partial charge in [0.15, 0.2) is 0 Å². The fraction of sp³-hybridized carbons (Fsp3) is 0.522. The molecule has 0 aromatic heterocycles. The molecule has 0 fully saturated rings. The van der Waals surface area contributed by atoms with E-state index in [2.05, 4.69) is 5.32 Å². The Labute approximate surface area is 179 Å². The fourth-order valence-corrected chi connectivity index (χ4v) is 2.50. The first-order valence-electron chi connectivity index (χ1n) is 10.2. The third-order valence-electron chi connectivity index (χ3n) is 4.03. The van der Waals surface area contributed by atoms with Crippen LogP contribution < -0.4 is 10.2 Å². The Hall–Kier alpha value is -3.01. The SMILES string of the molecule is CN(C)c1ccc(/C=C(\C#N)C(=O)OCCCCCCNC(=O)OC(C)(C)C)cc1. The minimum Gasteiger partial charge on any atom is -0.462 e. The lowest BCUT2D eigenvalue weighted by atomic mass is 10.1. The maximum Gasteiger partial charge on any atom is 0.407 e. The monoisotopic (exact) mass is 415 g/mol. The number of carbonyl (C=O) groups is 2. The van der Waals surface area contributed by atoms with Gasteiger partial charge in [0.25, 0.3) is 0 Å². The van der Waals surface area contributed by atoms with Gasteiger partial charge in [-0.15, -0.1) is 0 Å². The number of benzene rings is 1. The van der Waals surface area contributed by atoms with Gasteiger partial charge in [-0.1, -0.05) is 18.6 Å². The van der Waals surface area contributed by atoms with Crippen molar-refractivity contribution in [3.8, 4) is 6.07 Å². The molecule has 0 unspecified atom stereocenters. The number of anilines is 1. The molecule has 0 atom stereocenters. The standard InChI is InChI=1S/C23H33N3O4/c1-23(2,3)30-22(28)25-14-8-6-7-9-15-29-21(27)19(17-24)16-18-10-12-20(13-11-18)26(4)5/h10-13,16H,6-9,14-15H2,1-5H3,(H,25,28)/b19-16+. The molecule has 30 heavy (non-hydrogen) atoms. The van der Waals surface area contributed by atoms with Crippen molar-refractivity contribution in [3.63, 3.8) is 0 Å². The van der Waals surface area contributed by atoms with Crippen molar-refractivity contribution >= 4 is 23.8 Å². The highest BCUT2D eigenvalue weighted by Crippen LogP contribution is 2.15. The molecule has 1 aromatic rings. The molecule has 0 aliphatic carbocycles. The number of carbonyl (C=O) groups excluding carboxylic acids is 2. The Morgan fingerprint density at radius 1 is 1.10 bits per heavy atom. The van der Waals surface area contributed by atoms with E-state index >= 15 is 0 Å². The van der Waals surface area contributed by atoms with Gasteiger partial charge in [-0.25, -0.2) is 9.59 Å². The zero-order valence-corrected chi connectivity index (χ0v) is 18.7. The van der Waals surface area contributed by atoms with Gasteiger partial charge in [0.1, 0.15) is 17.2 Å². The molecule has 164 valence electrons. The number of unbranched alkanes of at least 4 members (excludes halogenated alkanes) is 3. The average Bonchev–Trinajstić information content (AvgIpc) is 2.66. The van der Waals surface area contributed by atoms with E-state index in [1.807, 2.05) is 70.1 Å². The number of ether oxygens (including phenoxy) is 2. The minimum atomic E-state index is -0.610. The van der Waals surface area contributed by atoms with Gasteiger partial charge >= 0.3 is 12.1 Å². The number of alkyl carbamates (subject to hydrolysis) is 1. The van der Waals surface area contributed by atoms with Crippen molar-refractivity contribution in [3.05, 3.63) is 35.4 Å². The predicted molar refractivity (Wildman–Crippen MR) is 118 cm³/mol. The van der Waals surface area contributed by atoms with E-state index in [-0.39, 0.29) is 12.2 Å². The van der Waals surface area contributed by atoms with Crippen molar-refractivity contribution in [2.75, 3.05) is 32.1 Å². The van der Waals surface area contributed by atoms with E-state index in [0.717, 1.165) is 30.5 Å². The van der Waals surface area contributed by atoms with Crippen LogP contribution in [-0.2, 0) is 14.3 Å². The van der Waals surface area contributed by atoms with E-state index < -0.39 is 17.7 Å². The topological polar surface area (TPSA) is 91.7 Å². The average molecular weight is 416 g/mol. The molecule has 0 aliphatic rings. The summed E-state index contributed by atoms with van der Waals surface area (Å²) in [6.07, 6.45) is 4.40. The summed E-state index contributed by atoms with van der Waals surface area (Å²) in [4.78, 5) is 25.6. The van der Waals surface area contributed by atoms with Crippen LogP contribution in [0.15, 0.2) is 29.8 Å². The van der Waals surface area contributed by atoms with Crippen LogP contribution in [0.25, 0.3) is 6.08 Å². The number of amides is 1. The second-order valence-electron chi connectivity index (χ2n) is 8.13. The number of nitriles is 1. The maximum atomic E-state index is 12.1. The molecular weight excluding hydrogens is 382 g/mol. The van der Waals surface area contributed by atoms with Crippen molar-refractivity contribution in [2.45, 2.75) is 52.1 Å². The predicted octanol–water partition coefficient (Wildman–Crippen LogP) is 4.29. The third-order valence-corrected chi connectivity index (χ3v) is 4.03. The van der Waals surface area contributed by atoms with Crippen LogP contribution in [-0.4, -0.2) is 44.9 Å². The number of hydrogen-bond acceptors (Lipinski definition) is 6. The van der Waals surface area contributed by atoms with Gasteiger partial charge < -0.3 is 19.7 Å². The maximum absolute atomic E-state index is 12.1. The molecule has 1 amide bonds. The fourth-order valence-electron chi connectivity index (χ4n) is 2.50. The van der Waals surface area contributed by atoms with Crippen molar-refractivity contribution < 1.29 is 19.1 Å². The number of hydrogen-bond donors (Lipinski definition) is 1. The summed E-state index contributed by atoms with van der Waals surface area (Å²) in [5, 5.41) is 12.0. The minimum absolute atomic E-state index is 0.0193. The highest BCUT2D eigenvalue weighted by Gasteiger charge is 2.15. The van der Waals surface area contributed by atoms with E-state index in [1.54, 1.807) is 0 Å². The number of esters is 1. The van der Waals surface area contributed by atoms with Crippen LogP contribution in [0.4, 0.5) is 10.5 Å². The summed E-state index contributed by atoms with van der Waals surface area (Å²) in [6, 6.07) is 9.45. The van der Waals surface area contributed by atoms with Crippen LogP contribution in [0.5, 0.6) is 0 Å². The smallest absolute Gasteiger partial charge is 0.407 e. The molecule has 1 N–H and O–H groups in total. The second-order valence-corrected chi connectivity index (χ2v) is 8.13. The lowest BCUT2D eigenvalue weighted by Crippen LogP contribution is -2.32. The molecule has 0 saturated carbocycles. The molecule has 1 aromatic carbocycles. The van der Waals surface area contributed by atoms with Crippen LogP contribution in [0, 0.1) is 11.3 Å². The first-order valence-corrected chi connectivity index (χ1v) is 10.2. The summed E-state index contributed by atoms with van der Waals surface area (Å²) in [5.41, 5.74) is 1.29. The summed E-state index contributed by atoms with van der Waals surface area (Å²) in [6.45, 7) is 6.27. The van der Waals surface area contributed by atoms with E-state index in [0.29, 0.717) is 13.0 Å². The molecule has 0 radical (unpaired) electrons. The highest BCUT2D eigenvalue weighted by atomic mass is 16.6. The zero-order chi connectivity index (χ0) is 22.6. The summed E-state index contributed by atoms with van der Waals surface area (Å²) in [5.74, 6) is -0.610. The lowest BCUT2D eigenvalue weighted by Gasteiger charge is -2.19. The summed E-state index contributed by atoms with van der Waals surface area (Å²) >= 11 is 0. The number of rotatable bonds is 10. The van der Waals surface area contributed by atoms with E-state index in [1.165, 1.54) is 6.08 Å². The van der Waals surface area contributed by atoms with Gasteiger partial charge in [-0.3, -0.25) is 0 Å². The number of nitrogens with one attached hydrogen (secondary N) is 1. The summed E-state index contributed by atoms with van der Waals surface area (Å²) in [7, 11) is 3.89. The van der Waals surface area contributed by atoms with Gasteiger partial charge in [-0.05, 0) is 63.8 Å². The Kier molecular flexibility index (Phi) is 10.5. The second kappa shape index (κ2) is 12.5. The summed E-state index contributed by atoms with van der Waals surface area (Å²) < 4.78 is 10.4. The molecule has 0 bridgehead atoms. The molecule has 7 heteroatoms. The normalized spacial score (nSPS) is 11.4.